The van der Waals surface area contributed by atoms with Crippen molar-refractivity contribution in [2.75, 3.05) is 32.9 Å². The average Bonchev–Trinajstić information content (AvgIpc) is 2.56. The molecule has 2 aliphatic rings. The topological polar surface area (TPSA) is 41.9 Å². The zero-order valence-corrected chi connectivity index (χ0v) is 12.8. The second kappa shape index (κ2) is 6.94. The Labute approximate surface area is 130 Å². The molecule has 0 unspecified atom stereocenters. The Balaban J connectivity index is 1.47. The Kier molecular flexibility index (Phi) is 4.96. The van der Waals surface area contributed by atoms with Gasteiger partial charge in [-0.05, 0) is 49.9 Å². The Hall–Kier alpha value is -1.17. The molecule has 2 heterocycles. The number of hydrogen-bond donors (Lipinski definition) is 1. The predicted molar refractivity (Wildman–Crippen MR) is 81.5 cm³/mol. The number of likely N-dealkylation sites (tertiary alicyclic amines) is 1. The summed E-state index contributed by atoms with van der Waals surface area (Å²) >= 11 is 0. The van der Waals surface area contributed by atoms with Crippen LogP contribution in [0.2, 0.25) is 0 Å². The van der Waals surface area contributed by atoms with Crippen LogP contribution in [0.5, 0.6) is 5.75 Å². The van der Waals surface area contributed by atoms with E-state index in [4.69, 9.17) is 9.47 Å². The Morgan fingerprint density at radius 1 is 1.18 bits per heavy atom. The maximum Gasteiger partial charge on any atom is 0.123 e. The van der Waals surface area contributed by atoms with Crippen molar-refractivity contribution in [3.05, 3.63) is 30.1 Å². The fourth-order valence-electron chi connectivity index (χ4n) is 3.25. The molecular formula is C17H24FNO3. The van der Waals surface area contributed by atoms with Gasteiger partial charge in [-0.3, -0.25) is 4.90 Å². The number of halogens is 1. The highest BCUT2D eigenvalue weighted by Crippen LogP contribution is 2.27. The quantitative estimate of drug-likeness (QED) is 0.926. The van der Waals surface area contributed by atoms with Gasteiger partial charge >= 0.3 is 0 Å². The second-order valence-corrected chi connectivity index (χ2v) is 6.35. The molecule has 5 heteroatoms. The molecule has 0 bridgehead atoms. The molecule has 0 saturated carbocycles. The normalized spacial score (nSPS) is 23.4. The summed E-state index contributed by atoms with van der Waals surface area (Å²) in [6, 6.07) is 6.52. The summed E-state index contributed by atoms with van der Waals surface area (Å²) in [6.45, 7) is 3.75. The van der Waals surface area contributed by atoms with Crippen LogP contribution < -0.4 is 4.74 Å². The molecule has 0 aromatic heterocycles. The lowest BCUT2D eigenvalue weighted by molar-refractivity contribution is -0.0687. The molecule has 122 valence electrons. The number of aliphatic hydroxyl groups is 1. The minimum atomic E-state index is -0.782. The van der Waals surface area contributed by atoms with Crippen LogP contribution in [0.3, 0.4) is 0 Å². The van der Waals surface area contributed by atoms with Gasteiger partial charge in [0, 0.05) is 32.3 Å². The first-order valence-electron chi connectivity index (χ1n) is 8.07. The molecule has 0 radical (unpaired) electrons. The molecule has 0 amide bonds. The van der Waals surface area contributed by atoms with Gasteiger partial charge in [0.05, 0.1) is 0 Å². The molecule has 0 atom stereocenters. The van der Waals surface area contributed by atoms with Crippen LogP contribution in [0.1, 0.15) is 25.7 Å². The van der Waals surface area contributed by atoms with Crippen molar-refractivity contribution in [2.45, 2.75) is 37.3 Å². The van der Waals surface area contributed by atoms with E-state index in [2.05, 4.69) is 4.90 Å². The van der Waals surface area contributed by atoms with Gasteiger partial charge in [0.1, 0.15) is 23.8 Å². The summed E-state index contributed by atoms with van der Waals surface area (Å²) < 4.78 is 23.9. The number of nitrogens with zero attached hydrogens (tertiary/aromatic N) is 1. The lowest BCUT2D eigenvalue weighted by Crippen LogP contribution is -2.51. The van der Waals surface area contributed by atoms with Gasteiger partial charge in [-0.1, -0.05) is 0 Å². The minimum Gasteiger partial charge on any atom is -0.491 e. The molecule has 2 saturated heterocycles. The van der Waals surface area contributed by atoms with E-state index in [1.165, 1.54) is 12.1 Å². The predicted octanol–water partition coefficient (Wildman–Crippen LogP) is 2.21. The van der Waals surface area contributed by atoms with E-state index >= 15 is 0 Å². The fraction of sp³-hybridized carbons (Fsp3) is 0.647. The molecular weight excluding hydrogens is 285 g/mol. The summed E-state index contributed by atoms with van der Waals surface area (Å²) in [5, 5.41) is 10.7. The van der Waals surface area contributed by atoms with Gasteiger partial charge in [0.2, 0.25) is 0 Å². The highest BCUT2D eigenvalue weighted by molar-refractivity contribution is 5.22. The van der Waals surface area contributed by atoms with Crippen LogP contribution in [-0.2, 0) is 4.74 Å². The van der Waals surface area contributed by atoms with E-state index in [0.717, 1.165) is 39.1 Å². The molecule has 1 aromatic rings. The van der Waals surface area contributed by atoms with Crippen LogP contribution in [0, 0.1) is 5.82 Å². The lowest BCUT2D eigenvalue weighted by atomic mass is 9.90. The standard InChI is InChI=1S/C17H24FNO3/c18-14-1-3-16(4-2-14)22-13-17(20)7-9-19(10-8-17)15-5-11-21-12-6-15/h1-4,15,20H,5-13H2. The first-order chi connectivity index (χ1) is 10.6. The van der Waals surface area contributed by atoms with Crippen molar-refractivity contribution >= 4 is 0 Å². The maximum atomic E-state index is 12.9. The van der Waals surface area contributed by atoms with Gasteiger partial charge in [0.25, 0.3) is 0 Å². The Morgan fingerprint density at radius 3 is 2.45 bits per heavy atom. The number of ether oxygens (including phenoxy) is 2. The van der Waals surface area contributed by atoms with Gasteiger partial charge < -0.3 is 14.6 Å². The van der Waals surface area contributed by atoms with E-state index < -0.39 is 5.60 Å². The number of hydrogen-bond acceptors (Lipinski definition) is 4. The molecule has 2 fully saturated rings. The minimum absolute atomic E-state index is 0.264. The monoisotopic (exact) mass is 309 g/mol. The highest BCUT2D eigenvalue weighted by Gasteiger charge is 2.35. The van der Waals surface area contributed by atoms with Crippen molar-refractivity contribution in [1.82, 2.24) is 4.90 Å². The van der Waals surface area contributed by atoms with E-state index in [1.54, 1.807) is 12.1 Å². The van der Waals surface area contributed by atoms with Crippen molar-refractivity contribution < 1.29 is 19.0 Å². The largest absolute Gasteiger partial charge is 0.491 e. The number of rotatable bonds is 4. The number of benzene rings is 1. The van der Waals surface area contributed by atoms with E-state index in [9.17, 15) is 9.50 Å². The molecule has 3 rings (SSSR count). The highest BCUT2D eigenvalue weighted by atomic mass is 19.1. The maximum absolute atomic E-state index is 12.9. The first-order valence-corrected chi connectivity index (χ1v) is 8.07. The van der Waals surface area contributed by atoms with Gasteiger partial charge in [0.15, 0.2) is 0 Å². The summed E-state index contributed by atoms with van der Waals surface area (Å²) in [5.74, 6) is 0.317. The van der Waals surface area contributed by atoms with Crippen molar-refractivity contribution in [2.24, 2.45) is 0 Å². The van der Waals surface area contributed by atoms with Crippen molar-refractivity contribution in [3.63, 3.8) is 0 Å². The lowest BCUT2D eigenvalue weighted by Gasteiger charge is -2.42. The van der Waals surface area contributed by atoms with Gasteiger partial charge in [-0.25, -0.2) is 4.39 Å². The molecule has 2 aliphatic heterocycles. The van der Waals surface area contributed by atoms with Crippen LogP contribution in [0.15, 0.2) is 24.3 Å². The number of piperidine rings is 1. The Morgan fingerprint density at radius 2 is 1.82 bits per heavy atom. The van der Waals surface area contributed by atoms with Crippen LogP contribution >= 0.6 is 0 Å². The third kappa shape index (κ3) is 3.97. The van der Waals surface area contributed by atoms with Crippen molar-refractivity contribution in [1.29, 1.82) is 0 Å². The van der Waals surface area contributed by atoms with E-state index in [1.807, 2.05) is 0 Å². The zero-order chi connectivity index (χ0) is 15.4. The van der Waals surface area contributed by atoms with E-state index in [0.29, 0.717) is 24.6 Å². The third-order valence-electron chi connectivity index (χ3n) is 4.76. The molecule has 1 N–H and O–H groups in total. The van der Waals surface area contributed by atoms with E-state index in [-0.39, 0.29) is 12.4 Å². The molecule has 4 nitrogen and oxygen atoms in total. The summed E-state index contributed by atoms with van der Waals surface area (Å²) in [7, 11) is 0. The second-order valence-electron chi connectivity index (χ2n) is 6.35. The summed E-state index contributed by atoms with van der Waals surface area (Å²) in [4.78, 5) is 2.47. The average molecular weight is 309 g/mol. The summed E-state index contributed by atoms with van der Waals surface area (Å²) in [5.41, 5.74) is -0.782. The molecule has 0 spiro atoms. The molecule has 1 aromatic carbocycles. The van der Waals surface area contributed by atoms with Crippen LogP contribution in [-0.4, -0.2) is 54.6 Å². The first kappa shape index (κ1) is 15.7. The molecule has 0 aliphatic carbocycles. The van der Waals surface area contributed by atoms with Crippen molar-refractivity contribution in [3.8, 4) is 5.75 Å². The van der Waals surface area contributed by atoms with Crippen LogP contribution in [0.25, 0.3) is 0 Å². The third-order valence-corrected chi connectivity index (χ3v) is 4.76. The zero-order valence-electron chi connectivity index (χ0n) is 12.8. The fourth-order valence-corrected chi connectivity index (χ4v) is 3.25. The van der Waals surface area contributed by atoms with Crippen LogP contribution in [0.4, 0.5) is 4.39 Å². The smallest absolute Gasteiger partial charge is 0.123 e. The van der Waals surface area contributed by atoms with Gasteiger partial charge in [-0.15, -0.1) is 0 Å². The SMILES string of the molecule is OC1(COc2ccc(F)cc2)CCN(C2CCOCC2)CC1. The molecule has 22 heavy (non-hydrogen) atoms. The summed E-state index contributed by atoms with van der Waals surface area (Å²) in [6.07, 6.45) is 3.60. The van der Waals surface area contributed by atoms with Gasteiger partial charge in [-0.2, -0.15) is 0 Å². The Bertz CT molecular complexity index is 465.